The molecule has 0 bridgehead atoms. The van der Waals surface area contributed by atoms with Gasteiger partial charge in [0.15, 0.2) is 9.84 Å². The molecule has 18 heavy (non-hydrogen) atoms. The number of amides is 2. The lowest BCUT2D eigenvalue weighted by atomic mass is 10.3. The third-order valence-electron chi connectivity index (χ3n) is 2.53. The highest BCUT2D eigenvalue weighted by Crippen LogP contribution is 2.13. The van der Waals surface area contributed by atoms with E-state index in [4.69, 9.17) is 0 Å². The standard InChI is InChI=1S/C12H18N2O3S/c1-4-9(2)13-12(15)14-10-5-7-11(8-6-10)18(3,16)17/h5-9H,4H2,1-3H3,(H2,13,14,15). The van der Waals surface area contributed by atoms with Crippen LogP contribution in [0.2, 0.25) is 0 Å². The summed E-state index contributed by atoms with van der Waals surface area (Å²) >= 11 is 0. The SMILES string of the molecule is CCC(C)NC(=O)Nc1ccc(S(C)(=O)=O)cc1. The first-order valence-electron chi connectivity index (χ1n) is 5.70. The third kappa shape index (κ3) is 4.37. The Kier molecular flexibility index (Phi) is 4.72. The van der Waals surface area contributed by atoms with E-state index in [-0.39, 0.29) is 17.0 Å². The van der Waals surface area contributed by atoms with Gasteiger partial charge in [-0.3, -0.25) is 0 Å². The summed E-state index contributed by atoms with van der Waals surface area (Å²) in [7, 11) is -3.20. The van der Waals surface area contributed by atoms with E-state index in [9.17, 15) is 13.2 Å². The highest BCUT2D eigenvalue weighted by atomic mass is 32.2. The van der Waals surface area contributed by atoms with Gasteiger partial charge in [0.1, 0.15) is 0 Å². The van der Waals surface area contributed by atoms with Crippen molar-refractivity contribution in [2.75, 3.05) is 11.6 Å². The van der Waals surface area contributed by atoms with Crippen LogP contribution in [0.3, 0.4) is 0 Å². The number of nitrogens with one attached hydrogen (secondary N) is 2. The molecule has 0 aliphatic heterocycles. The zero-order chi connectivity index (χ0) is 13.8. The van der Waals surface area contributed by atoms with Crippen LogP contribution in [0.1, 0.15) is 20.3 Å². The highest BCUT2D eigenvalue weighted by molar-refractivity contribution is 7.90. The van der Waals surface area contributed by atoms with Crippen LogP contribution in [0.15, 0.2) is 29.2 Å². The summed E-state index contributed by atoms with van der Waals surface area (Å²) in [6.07, 6.45) is 1.99. The van der Waals surface area contributed by atoms with Gasteiger partial charge in [0.25, 0.3) is 0 Å². The molecule has 0 aliphatic rings. The van der Waals surface area contributed by atoms with Gasteiger partial charge in [-0.25, -0.2) is 13.2 Å². The van der Waals surface area contributed by atoms with E-state index < -0.39 is 9.84 Å². The van der Waals surface area contributed by atoms with Crippen molar-refractivity contribution in [3.05, 3.63) is 24.3 Å². The Bertz CT molecular complexity index is 509. The van der Waals surface area contributed by atoms with E-state index in [0.29, 0.717) is 5.69 Å². The molecule has 0 aliphatic carbocycles. The van der Waals surface area contributed by atoms with Crippen molar-refractivity contribution in [2.24, 2.45) is 0 Å². The van der Waals surface area contributed by atoms with E-state index in [0.717, 1.165) is 12.7 Å². The summed E-state index contributed by atoms with van der Waals surface area (Å²) in [6.45, 7) is 3.89. The predicted molar refractivity (Wildman–Crippen MR) is 71.5 cm³/mol. The quantitative estimate of drug-likeness (QED) is 0.878. The van der Waals surface area contributed by atoms with Gasteiger partial charge in [-0.05, 0) is 37.6 Å². The maximum absolute atomic E-state index is 11.5. The lowest BCUT2D eigenvalue weighted by Gasteiger charge is -2.12. The summed E-state index contributed by atoms with van der Waals surface area (Å²) < 4.78 is 22.5. The van der Waals surface area contributed by atoms with E-state index in [1.54, 1.807) is 12.1 Å². The molecule has 0 radical (unpaired) electrons. The summed E-state index contributed by atoms with van der Waals surface area (Å²) in [4.78, 5) is 11.8. The fourth-order valence-electron chi connectivity index (χ4n) is 1.28. The van der Waals surface area contributed by atoms with E-state index in [1.807, 2.05) is 13.8 Å². The van der Waals surface area contributed by atoms with Gasteiger partial charge in [-0.2, -0.15) is 0 Å². The van der Waals surface area contributed by atoms with Crippen LogP contribution in [0.25, 0.3) is 0 Å². The number of anilines is 1. The average Bonchev–Trinajstić information content (AvgIpc) is 2.28. The van der Waals surface area contributed by atoms with Crippen molar-refractivity contribution in [3.8, 4) is 0 Å². The number of hydrogen-bond donors (Lipinski definition) is 2. The maximum atomic E-state index is 11.5. The monoisotopic (exact) mass is 270 g/mol. The highest BCUT2D eigenvalue weighted by Gasteiger charge is 2.08. The molecule has 6 heteroatoms. The molecule has 0 fully saturated rings. The first-order valence-corrected chi connectivity index (χ1v) is 7.59. The first kappa shape index (κ1) is 14.5. The first-order chi connectivity index (χ1) is 8.32. The minimum Gasteiger partial charge on any atom is -0.335 e. The number of carbonyl (C=O) groups excluding carboxylic acids is 1. The summed E-state index contributed by atoms with van der Waals surface area (Å²) in [5, 5.41) is 5.40. The summed E-state index contributed by atoms with van der Waals surface area (Å²) in [5.74, 6) is 0. The molecule has 0 saturated heterocycles. The van der Waals surface area contributed by atoms with Gasteiger partial charge in [-0.1, -0.05) is 6.92 Å². The largest absolute Gasteiger partial charge is 0.335 e. The molecule has 0 saturated carbocycles. The second-order valence-corrected chi connectivity index (χ2v) is 6.22. The number of rotatable bonds is 4. The third-order valence-corrected chi connectivity index (χ3v) is 3.66. The second-order valence-electron chi connectivity index (χ2n) is 4.20. The van der Waals surface area contributed by atoms with Gasteiger partial charge in [0.2, 0.25) is 0 Å². The van der Waals surface area contributed by atoms with Crippen molar-refractivity contribution in [1.82, 2.24) is 5.32 Å². The number of sulfone groups is 1. The van der Waals surface area contributed by atoms with Crippen molar-refractivity contribution in [2.45, 2.75) is 31.2 Å². The molecule has 2 N–H and O–H groups in total. The van der Waals surface area contributed by atoms with E-state index in [2.05, 4.69) is 10.6 Å². The smallest absolute Gasteiger partial charge is 0.319 e. The Balaban J connectivity index is 2.67. The van der Waals surface area contributed by atoms with Crippen LogP contribution in [-0.2, 0) is 9.84 Å². The molecule has 1 aromatic carbocycles. The molecule has 1 aromatic rings. The topological polar surface area (TPSA) is 75.3 Å². The van der Waals surface area contributed by atoms with Gasteiger partial charge in [0, 0.05) is 18.0 Å². The van der Waals surface area contributed by atoms with Crippen LogP contribution in [0.5, 0.6) is 0 Å². The molecule has 0 heterocycles. The number of hydrogen-bond acceptors (Lipinski definition) is 3. The van der Waals surface area contributed by atoms with Crippen LogP contribution in [0, 0.1) is 0 Å². The van der Waals surface area contributed by atoms with Crippen molar-refractivity contribution in [1.29, 1.82) is 0 Å². The van der Waals surface area contributed by atoms with Crippen LogP contribution in [-0.4, -0.2) is 26.7 Å². The Morgan fingerprint density at radius 3 is 2.28 bits per heavy atom. The zero-order valence-electron chi connectivity index (χ0n) is 10.7. The zero-order valence-corrected chi connectivity index (χ0v) is 11.5. The molecule has 0 spiro atoms. The van der Waals surface area contributed by atoms with Crippen molar-refractivity contribution < 1.29 is 13.2 Å². The molecule has 0 aromatic heterocycles. The van der Waals surface area contributed by atoms with Crippen LogP contribution < -0.4 is 10.6 Å². The molecule has 100 valence electrons. The van der Waals surface area contributed by atoms with Gasteiger partial charge < -0.3 is 10.6 Å². The lowest BCUT2D eigenvalue weighted by molar-refractivity contribution is 0.249. The molecule has 5 nitrogen and oxygen atoms in total. The maximum Gasteiger partial charge on any atom is 0.319 e. The molecule has 1 atom stereocenters. The Hall–Kier alpha value is -1.56. The second kappa shape index (κ2) is 5.86. The molecular weight excluding hydrogens is 252 g/mol. The lowest BCUT2D eigenvalue weighted by Crippen LogP contribution is -2.35. The predicted octanol–water partition coefficient (Wildman–Crippen LogP) is 2.01. The van der Waals surface area contributed by atoms with Crippen molar-refractivity contribution in [3.63, 3.8) is 0 Å². The minimum absolute atomic E-state index is 0.0975. The summed E-state index contributed by atoms with van der Waals surface area (Å²) in [5.41, 5.74) is 0.559. The van der Waals surface area contributed by atoms with Crippen LogP contribution in [0.4, 0.5) is 10.5 Å². The summed E-state index contributed by atoms with van der Waals surface area (Å²) in [6, 6.07) is 5.86. The normalized spacial score (nSPS) is 12.8. The van der Waals surface area contributed by atoms with Gasteiger partial charge >= 0.3 is 6.03 Å². The van der Waals surface area contributed by atoms with Gasteiger partial charge in [-0.15, -0.1) is 0 Å². The average molecular weight is 270 g/mol. The molecule has 1 unspecified atom stereocenters. The molecular formula is C12H18N2O3S. The number of carbonyl (C=O) groups is 1. The van der Waals surface area contributed by atoms with E-state index >= 15 is 0 Å². The number of urea groups is 1. The van der Waals surface area contributed by atoms with Crippen molar-refractivity contribution >= 4 is 21.6 Å². The fourth-order valence-corrected chi connectivity index (χ4v) is 1.91. The number of benzene rings is 1. The Morgan fingerprint density at radius 2 is 1.83 bits per heavy atom. The van der Waals surface area contributed by atoms with Gasteiger partial charge in [0.05, 0.1) is 4.90 Å². The Labute approximate surface area is 108 Å². The fraction of sp³-hybridized carbons (Fsp3) is 0.417. The van der Waals surface area contributed by atoms with Crippen LogP contribution >= 0.6 is 0 Å². The molecule has 1 rings (SSSR count). The van der Waals surface area contributed by atoms with E-state index in [1.165, 1.54) is 12.1 Å². The molecule has 2 amide bonds. The minimum atomic E-state index is -3.20. The Morgan fingerprint density at radius 1 is 1.28 bits per heavy atom.